The van der Waals surface area contributed by atoms with Crippen molar-refractivity contribution in [3.8, 4) is 34.5 Å². The predicted molar refractivity (Wildman–Crippen MR) is 113 cm³/mol. The first-order valence-corrected chi connectivity index (χ1v) is 9.88. The molecule has 0 fully saturated rings. The first kappa shape index (κ1) is 21.2. The van der Waals surface area contributed by atoms with Crippen molar-refractivity contribution in [2.45, 2.75) is 32.5 Å². The smallest absolute Gasteiger partial charge is 0.338 e. The Hall–Kier alpha value is -4.07. The van der Waals surface area contributed by atoms with Gasteiger partial charge in [0, 0.05) is 29.7 Å². The van der Waals surface area contributed by atoms with Gasteiger partial charge in [0.2, 0.25) is 0 Å². The van der Waals surface area contributed by atoms with Crippen LogP contribution in [0.1, 0.15) is 38.7 Å². The maximum atomic E-state index is 12.9. The van der Waals surface area contributed by atoms with Crippen LogP contribution < -0.4 is 4.74 Å². The van der Waals surface area contributed by atoms with Gasteiger partial charge in [0.15, 0.2) is 17.6 Å². The molecule has 8 heteroatoms. The summed E-state index contributed by atoms with van der Waals surface area (Å²) in [6.45, 7) is 3.50. The van der Waals surface area contributed by atoms with Gasteiger partial charge in [0.25, 0.3) is 0 Å². The molecule has 0 aromatic heterocycles. The number of fused-ring (bicyclic) bond motifs is 1. The highest BCUT2D eigenvalue weighted by Gasteiger charge is 2.36. The molecule has 4 rings (SSSR count). The molecule has 3 aromatic rings. The number of esters is 1. The fourth-order valence-corrected chi connectivity index (χ4v) is 3.72. The molecule has 1 heterocycles. The molecule has 2 atom stereocenters. The summed E-state index contributed by atoms with van der Waals surface area (Å²) in [4.78, 5) is 12.9. The molecular formula is C24H22O8. The lowest BCUT2D eigenvalue weighted by Crippen LogP contribution is -2.34. The Morgan fingerprint density at radius 2 is 1.66 bits per heavy atom. The van der Waals surface area contributed by atoms with Crippen molar-refractivity contribution >= 4 is 5.97 Å². The van der Waals surface area contributed by atoms with E-state index in [0.29, 0.717) is 16.7 Å². The lowest BCUT2D eigenvalue weighted by molar-refractivity contribution is -0.0188. The Bertz CT molecular complexity index is 1190. The third kappa shape index (κ3) is 3.82. The van der Waals surface area contributed by atoms with Crippen LogP contribution in [0.4, 0.5) is 0 Å². The van der Waals surface area contributed by atoms with E-state index < -0.39 is 18.2 Å². The van der Waals surface area contributed by atoms with Gasteiger partial charge in [-0.1, -0.05) is 6.07 Å². The Morgan fingerprint density at radius 3 is 2.34 bits per heavy atom. The molecule has 0 bridgehead atoms. The fourth-order valence-electron chi connectivity index (χ4n) is 3.72. The summed E-state index contributed by atoms with van der Waals surface area (Å²) >= 11 is 0. The van der Waals surface area contributed by atoms with Crippen molar-refractivity contribution in [2.24, 2.45) is 0 Å². The van der Waals surface area contributed by atoms with E-state index in [9.17, 15) is 30.3 Å². The van der Waals surface area contributed by atoms with Crippen molar-refractivity contribution in [3.05, 3.63) is 70.3 Å². The highest BCUT2D eigenvalue weighted by Crippen LogP contribution is 2.44. The van der Waals surface area contributed by atoms with Crippen LogP contribution in [0, 0.1) is 13.8 Å². The van der Waals surface area contributed by atoms with E-state index in [0.717, 1.165) is 11.6 Å². The molecule has 0 spiro atoms. The van der Waals surface area contributed by atoms with Crippen LogP contribution in [-0.2, 0) is 11.2 Å². The summed E-state index contributed by atoms with van der Waals surface area (Å²) in [5, 5.41) is 49.7. The molecule has 5 N–H and O–H groups in total. The van der Waals surface area contributed by atoms with Gasteiger partial charge in [-0.15, -0.1) is 0 Å². The number of hydrogen-bond donors (Lipinski definition) is 5. The van der Waals surface area contributed by atoms with E-state index in [1.54, 1.807) is 19.9 Å². The van der Waals surface area contributed by atoms with Crippen LogP contribution in [0.15, 0.2) is 42.5 Å². The Balaban J connectivity index is 1.72. The molecule has 166 valence electrons. The summed E-state index contributed by atoms with van der Waals surface area (Å²) in [6.07, 6.45) is -1.76. The minimum atomic E-state index is -0.918. The van der Waals surface area contributed by atoms with Crippen molar-refractivity contribution in [2.75, 3.05) is 0 Å². The van der Waals surface area contributed by atoms with Gasteiger partial charge < -0.3 is 35.0 Å². The first-order chi connectivity index (χ1) is 15.1. The summed E-state index contributed by atoms with van der Waals surface area (Å²) in [6, 6.07) is 9.50. The van der Waals surface area contributed by atoms with Gasteiger partial charge in [-0.3, -0.25) is 0 Å². The average Bonchev–Trinajstić information content (AvgIpc) is 2.73. The minimum absolute atomic E-state index is 0.0321. The van der Waals surface area contributed by atoms with Gasteiger partial charge >= 0.3 is 5.97 Å². The molecule has 1 aliphatic heterocycles. The fraction of sp³-hybridized carbons (Fsp3) is 0.208. The molecule has 0 amide bonds. The molecule has 0 radical (unpaired) electrons. The van der Waals surface area contributed by atoms with Crippen molar-refractivity contribution < 1.29 is 39.8 Å². The summed E-state index contributed by atoms with van der Waals surface area (Å²) < 4.78 is 11.7. The predicted octanol–water partition coefficient (Wildman–Crippen LogP) is 3.73. The van der Waals surface area contributed by atoms with E-state index in [1.807, 2.05) is 0 Å². The van der Waals surface area contributed by atoms with Gasteiger partial charge in [0.1, 0.15) is 29.1 Å². The zero-order valence-corrected chi connectivity index (χ0v) is 17.4. The second-order valence-electron chi connectivity index (χ2n) is 7.81. The van der Waals surface area contributed by atoms with Gasteiger partial charge in [0.05, 0.1) is 5.56 Å². The average molecular weight is 438 g/mol. The van der Waals surface area contributed by atoms with Crippen molar-refractivity contribution in [1.29, 1.82) is 0 Å². The highest BCUT2D eigenvalue weighted by molar-refractivity contribution is 5.90. The zero-order valence-electron chi connectivity index (χ0n) is 17.4. The third-order valence-corrected chi connectivity index (χ3v) is 5.63. The largest absolute Gasteiger partial charge is 0.508 e. The van der Waals surface area contributed by atoms with Crippen molar-refractivity contribution in [3.63, 3.8) is 0 Å². The number of hydrogen-bond acceptors (Lipinski definition) is 8. The standard InChI is InChI=1S/C24H22O8/c1-11-5-14(7-18(27)12(11)2)24(30)32-22-10-16-19(28)8-15(25)9-21(16)31-23(22)13-3-4-17(26)20(29)6-13/h3-9,22-23,25-29H,10H2,1-2H3. The molecule has 1 aliphatic rings. The molecule has 0 saturated heterocycles. The molecule has 32 heavy (non-hydrogen) atoms. The van der Waals surface area contributed by atoms with Crippen LogP contribution >= 0.6 is 0 Å². The van der Waals surface area contributed by atoms with Crippen LogP contribution in [0.2, 0.25) is 0 Å². The molecule has 0 aliphatic carbocycles. The van der Waals surface area contributed by atoms with Crippen LogP contribution in [0.3, 0.4) is 0 Å². The lowest BCUT2D eigenvalue weighted by Gasteiger charge is -2.34. The molecule has 2 unspecified atom stereocenters. The summed E-state index contributed by atoms with van der Waals surface area (Å²) in [5.41, 5.74) is 2.28. The minimum Gasteiger partial charge on any atom is -0.508 e. The molecule has 8 nitrogen and oxygen atoms in total. The summed E-state index contributed by atoms with van der Waals surface area (Å²) in [7, 11) is 0. The van der Waals surface area contributed by atoms with E-state index in [4.69, 9.17) is 9.47 Å². The number of phenols is 5. The van der Waals surface area contributed by atoms with E-state index >= 15 is 0 Å². The zero-order chi connectivity index (χ0) is 23.2. The van der Waals surface area contributed by atoms with Gasteiger partial charge in [-0.05, 0) is 49.2 Å². The molecule has 3 aromatic carbocycles. The first-order valence-electron chi connectivity index (χ1n) is 9.88. The third-order valence-electron chi connectivity index (χ3n) is 5.63. The number of aromatic hydroxyl groups is 5. The second kappa shape index (κ2) is 7.88. The summed E-state index contributed by atoms with van der Waals surface area (Å²) in [5.74, 6) is -1.64. The maximum Gasteiger partial charge on any atom is 0.338 e. The SMILES string of the molecule is Cc1cc(C(=O)OC2Cc3c(O)cc(O)cc3OC2c2ccc(O)c(O)c2)cc(O)c1C. The number of rotatable bonds is 3. The lowest BCUT2D eigenvalue weighted by atomic mass is 9.93. The number of phenolic OH excluding ortho intramolecular Hbond substituents is 5. The van der Waals surface area contributed by atoms with Gasteiger partial charge in [-0.2, -0.15) is 0 Å². The van der Waals surface area contributed by atoms with Crippen LogP contribution in [0.25, 0.3) is 0 Å². The van der Waals surface area contributed by atoms with E-state index in [1.165, 1.54) is 30.3 Å². The van der Waals surface area contributed by atoms with Crippen molar-refractivity contribution in [1.82, 2.24) is 0 Å². The number of ether oxygens (including phenoxy) is 2. The van der Waals surface area contributed by atoms with E-state index in [2.05, 4.69) is 0 Å². The van der Waals surface area contributed by atoms with Crippen LogP contribution in [0.5, 0.6) is 34.5 Å². The Labute approximate surface area is 183 Å². The number of aryl methyl sites for hydroxylation is 1. The van der Waals surface area contributed by atoms with Gasteiger partial charge in [-0.25, -0.2) is 4.79 Å². The highest BCUT2D eigenvalue weighted by atomic mass is 16.6. The Morgan fingerprint density at radius 1 is 0.906 bits per heavy atom. The molecular weight excluding hydrogens is 416 g/mol. The van der Waals surface area contributed by atoms with E-state index in [-0.39, 0.29) is 46.5 Å². The second-order valence-corrected chi connectivity index (χ2v) is 7.81. The quantitative estimate of drug-likeness (QED) is 0.308. The monoisotopic (exact) mass is 438 g/mol. The normalized spacial score (nSPS) is 17.3. The number of carbonyl (C=O) groups is 1. The van der Waals surface area contributed by atoms with Crippen LogP contribution in [-0.4, -0.2) is 37.6 Å². The maximum absolute atomic E-state index is 12.9. The Kier molecular flexibility index (Phi) is 5.22. The number of carbonyl (C=O) groups excluding carboxylic acids is 1. The molecule has 0 saturated carbocycles. The number of benzene rings is 3. The topological polar surface area (TPSA) is 137 Å².